The molecule has 1 aliphatic heterocycles. The molecule has 0 aliphatic carbocycles. The van der Waals surface area contributed by atoms with Gasteiger partial charge in [0.05, 0.1) is 20.0 Å². The van der Waals surface area contributed by atoms with E-state index in [1.807, 2.05) is 11.9 Å². The van der Waals surface area contributed by atoms with Crippen LogP contribution < -0.4 is 15.2 Å². The van der Waals surface area contributed by atoms with Gasteiger partial charge in [-0.1, -0.05) is 0 Å². The predicted octanol–water partition coefficient (Wildman–Crippen LogP) is 0.641. The first kappa shape index (κ1) is 12.9. The van der Waals surface area contributed by atoms with E-state index in [4.69, 9.17) is 9.47 Å². The molecule has 1 aromatic rings. The average molecular weight is 253 g/mol. The summed E-state index contributed by atoms with van der Waals surface area (Å²) in [6, 6.07) is 0. The topological polar surface area (TPSA) is 67.5 Å². The van der Waals surface area contributed by atoms with E-state index in [0.29, 0.717) is 11.7 Å². The van der Waals surface area contributed by atoms with Crippen LogP contribution in [-0.2, 0) is 4.74 Å². The van der Waals surface area contributed by atoms with Gasteiger partial charge < -0.3 is 19.4 Å². The summed E-state index contributed by atoms with van der Waals surface area (Å²) in [5, 5.41) is 0. The third-order valence-corrected chi connectivity index (χ3v) is 3.14. The van der Waals surface area contributed by atoms with Crippen LogP contribution in [0.15, 0.2) is 11.1 Å². The van der Waals surface area contributed by atoms with Crippen molar-refractivity contribution in [2.45, 2.75) is 12.8 Å². The predicted molar refractivity (Wildman–Crippen MR) is 68.2 cm³/mol. The number of aromatic nitrogens is 2. The van der Waals surface area contributed by atoms with E-state index in [1.165, 1.54) is 13.4 Å². The zero-order valence-electron chi connectivity index (χ0n) is 10.8. The Morgan fingerprint density at radius 3 is 3.17 bits per heavy atom. The SMILES string of the molecule is COc1c(N(C)CC2CCCOC2)nc[nH]c1=O. The van der Waals surface area contributed by atoms with Crippen LogP contribution in [0.25, 0.3) is 0 Å². The van der Waals surface area contributed by atoms with Gasteiger partial charge in [0.15, 0.2) is 5.82 Å². The molecule has 6 nitrogen and oxygen atoms in total. The number of nitrogens with one attached hydrogen (secondary N) is 1. The number of H-pyrrole nitrogens is 1. The van der Waals surface area contributed by atoms with Crippen molar-refractivity contribution in [2.24, 2.45) is 5.92 Å². The first-order chi connectivity index (χ1) is 8.72. The van der Waals surface area contributed by atoms with E-state index in [2.05, 4.69) is 9.97 Å². The second-order valence-corrected chi connectivity index (χ2v) is 4.55. The Bertz CT molecular complexity index is 440. The fraction of sp³-hybridized carbons (Fsp3) is 0.667. The van der Waals surface area contributed by atoms with Gasteiger partial charge >= 0.3 is 0 Å². The van der Waals surface area contributed by atoms with Crippen LogP contribution in [0, 0.1) is 5.92 Å². The number of hydrogen-bond acceptors (Lipinski definition) is 5. The summed E-state index contributed by atoms with van der Waals surface area (Å²) in [5.41, 5.74) is -0.255. The van der Waals surface area contributed by atoms with Crippen molar-refractivity contribution < 1.29 is 9.47 Å². The lowest BCUT2D eigenvalue weighted by Crippen LogP contribution is -2.32. The lowest BCUT2D eigenvalue weighted by atomic mass is 10.0. The number of hydrogen-bond donors (Lipinski definition) is 1. The second-order valence-electron chi connectivity index (χ2n) is 4.55. The highest BCUT2D eigenvalue weighted by Crippen LogP contribution is 2.22. The van der Waals surface area contributed by atoms with Gasteiger partial charge in [-0.15, -0.1) is 0 Å². The molecule has 1 aliphatic rings. The standard InChI is InChI=1S/C12H19N3O3/c1-15(6-9-4-3-5-18-7-9)11-10(17-2)12(16)14-8-13-11/h8-9H,3-7H2,1-2H3,(H,13,14,16). The van der Waals surface area contributed by atoms with Crippen LogP contribution in [0.3, 0.4) is 0 Å². The maximum Gasteiger partial charge on any atom is 0.295 e. The molecular formula is C12H19N3O3. The van der Waals surface area contributed by atoms with Gasteiger partial charge in [0.1, 0.15) is 0 Å². The molecule has 100 valence electrons. The van der Waals surface area contributed by atoms with Crippen molar-refractivity contribution in [1.29, 1.82) is 0 Å². The Hall–Kier alpha value is -1.56. The summed E-state index contributed by atoms with van der Waals surface area (Å²) < 4.78 is 10.6. The van der Waals surface area contributed by atoms with Crippen molar-refractivity contribution in [3.8, 4) is 5.75 Å². The highest BCUT2D eigenvalue weighted by atomic mass is 16.5. The molecule has 6 heteroatoms. The molecule has 1 atom stereocenters. The summed E-state index contributed by atoms with van der Waals surface area (Å²) in [4.78, 5) is 20.2. The summed E-state index contributed by atoms with van der Waals surface area (Å²) in [7, 11) is 3.40. The van der Waals surface area contributed by atoms with Crippen molar-refractivity contribution >= 4 is 5.82 Å². The molecule has 18 heavy (non-hydrogen) atoms. The molecule has 0 radical (unpaired) electrons. The number of anilines is 1. The minimum atomic E-state index is -0.255. The Kier molecular flexibility index (Phi) is 4.19. The Morgan fingerprint density at radius 1 is 1.67 bits per heavy atom. The van der Waals surface area contributed by atoms with E-state index >= 15 is 0 Å². The van der Waals surface area contributed by atoms with Crippen LogP contribution in [0.1, 0.15) is 12.8 Å². The molecule has 1 saturated heterocycles. The molecule has 1 N–H and O–H groups in total. The third kappa shape index (κ3) is 2.81. The molecule has 0 bridgehead atoms. The van der Waals surface area contributed by atoms with Gasteiger partial charge in [-0.2, -0.15) is 0 Å². The summed E-state index contributed by atoms with van der Waals surface area (Å²) in [6.07, 6.45) is 3.64. The van der Waals surface area contributed by atoms with Crippen LogP contribution in [0.5, 0.6) is 5.75 Å². The van der Waals surface area contributed by atoms with E-state index in [0.717, 1.165) is 32.6 Å². The molecule has 1 fully saturated rings. The first-order valence-corrected chi connectivity index (χ1v) is 6.13. The number of rotatable bonds is 4. The fourth-order valence-electron chi connectivity index (χ4n) is 2.26. The molecule has 0 aromatic carbocycles. The molecular weight excluding hydrogens is 234 g/mol. The Labute approximate surface area is 106 Å². The van der Waals surface area contributed by atoms with Crippen LogP contribution in [-0.4, -0.2) is 43.9 Å². The van der Waals surface area contributed by atoms with Gasteiger partial charge in [0.2, 0.25) is 5.75 Å². The molecule has 0 saturated carbocycles. The highest BCUT2D eigenvalue weighted by molar-refractivity contribution is 5.49. The maximum atomic E-state index is 11.6. The highest BCUT2D eigenvalue weighted by Gasteiger charge is 2.19. The van der Waals surface area contributed by atoms with Gasteiger partial charge in [-0.05, 0) is 18.8 Å². The number of ether oxygens (including phenoxy) is 2. The quantitative estimate of drug-likeness (QED) is 0.853. The maximum absolute atomic E-state index is 11.6. The molecule has 0 spiro atoms. The van der Waals surface area contributed by atoms with E-state index < -0.39 is 0 Å². The van der Waals surface area contributed by atoms with Crippen molar-refractivity contribution in [2.75, 3.05) is 38.8 Å². The molecule has 1 aromatic heterocycles. The van der Waals surface area contributed by atoms with E-state index in [9.17, 15) is 4.79 Å². The lowest BCUT2D eigenvalue weighted by molar-refractivity contribution is 0.0575. The minimum Gasteiger partial charge on any atom is -0.489 e. The van der Waals surface area contributed by atoms with Crippen LogP contribution >= 0.6 is 0 Å². The zero-order valence-corrected chi connectivity index (χ0v) is 10.8. The number of nitrogens with zero attached hydrogens (tertiary/aromatic N) is 2. The van der Waals surface area contributed by atoms with E-state index in [-0.39, 0.29) is 11.3 Å². The van der Waals surface area contributed by atoms with Crippen LogP contribution in [0.2, 0.25) is 0 Å². The molecule has 0 amide bonds. The van der Waals surface area contributed by atoms with Crippen molar-refractivity contribution in [3.63, 3.8) is 0 Å². The minimum absolute atomic E-state index is 0.255. The van der Waals surface area contributed by atoms with Crippen LogP contribution in [0.4, 0.5) is 5.82 Å². The summed E-state index contributed by atoms with van der Waals surface area (Å²) in [6.45, 7) is 2.44. The van der Waals surface area contributed by atoms with Gasteiger partial charge in [0.25, 0.3) is 5.56 Å². The van der Waals surface area contributed by atoms with Crippen molar-refractivity contribution in [1.82, 2.24) is 9.97 Å². The van der Waals surface area contributed by atoms with Gasteiger partial charge in [-0.25, -0.2) is 4.98 Å². The summed E-state index contributed by atoms with van der Waals surface area (Å²) in [5.74, 6) is 1.32. The molecule has 1 unspecified atom stereocenters. The van der Waals surface area contributed by atoms with Crippen molar-refractivity contribution in [3.05, 3.63) is 16.7 Å². The molecule has 2 heterocycles. The fourth-order valence-corrected chi connectivity index (χ4v) is 2.26. The number of methoxy groups -OCH3 is 1. The zero-order chi connectivity index (χ0) is 13.0. The Morgan fingerprint density at radius 2 is 2.50 bits per heavy atom. The average Bonchev–Trinajstić information content (AvgIpc) is 2.39. The monoisotopic (exact) mass is 253 g/mol. The normalized spacial score (nSPS) is 19.6. The smallest absolute Gasteiger partial charge is 0.295 e. The third-order valence-electron chi connectivity index (χ3n) is 3.14. The number of aromatic amines is 1. The lowest BCUT2D eigenvalue weighted by Gasteiger charge is -2.28. The van der Waals surface area contributed by atoms with Gasteiger partial charge in [-0.3, -0.25) is 4.79 Å². The Balaban J connectivity index is 2.10. The second kappa shape index (κ2) is 5.86. The summed E-state index contributed by atoms with van der Waals surface area (Å²) >= 11 is 0. The van der Waals surface area contributed by atoms with Gasteiger partial charge in [0, 0.05) is 20.2 Å². The van der Waals surface area contributed by atoms with E-state index in [1.54, 1.807) is 0 Å². The largest absolute Gasteiger partial charge is 0.489 e. The first-order valence-electron chi connectivity index (χ1n) is 6.13. The molecule has 2 rings (SSSR count).